The van der Waals surface area contributed by atoms with Crippen molar-refractivity contribution in [3.05, 3.63) is 71.8 Å². The number of carbonyl (C=O) groups excluding carboxylic acids is 1. The molecule has 0 spiro atoms. The van der Waals surface area contributed by atoms with Gasteiger partial charge in [0.15, 0.2) is 0 Å². The highest BCUT2D eigenvalue weighted by atomic mass is 16.2. The lowest BCUT2D eigenvalue weighted by Gasteiger charge is -2.31. The number of hydrogen-bond donors (Lipinski definition) is 1. The Hall–Kier alpha value is -2.13. The lowest BCUT2D eigenvalue weighted by Crippen LogP contribution is -2.46. The van der Waals surface area contributed by atoms with Crippen molar-refractivity contribution in [1.82, 2.24) is 10.2 Å². The zero-order chi connectivity index (χ0) is 15.6. The van der Waals surface area contributed by atoms with Gasteiger partial charge in [-0.1, -0.05) is 60.7 Å². The van der Waals surface area contributed by atoms with Gasteiger partial charge in [-0.3, -0.25) is 10.1 Å². The molecule has 1 aliphatic rings. The summed E-state index contributed by atoms with van der Waals surface area (Å²) in [7, 11) is 0. The highest BCUT2D eigenvalue weighted by molar-refractivity contribution is 5.85. The van der Waals surface area contributed by atoms with E-state index in [0.717, 1.165) is 12.0 Å². The predicted octanol–water partition coefficient (Wildman–Crippen LogP) is 2.97. The Morgan fingerprint density at radius 1 is 0.955 bits per heavy atom. The molecule has 0 aromatic heterocycles. The SMILES string of the molecule is CC1(C)NC(Cc2ccccc2)C(=O)N1Cc1ccccc1. The molecule has 0 bridgehead atoms. The molecule has 0 aliphatic carbocycles. The van der Waals surface area contributed by atoms with E-state index in [1.807, 2.05) is 41.3 Å². The standard InChI is InChI=1S/C19H22N2O/c1-19(2)20-17(13-15-9-5-3-6-10-15)18(22)21(19)14-16-11-7-4-8-12-16/h3-12,17,20H,13-14H2,1-2H3. The molecule has 3 heteroatoms. The van der Waals surface area contributed by atoms with Gasteiger partial charge in [-0.25, -0.2) is 0 Å². The van der Waals surface area contributed by atoms with Crippen molar-refractivity contribution in [2.75, 3.05) is 0 Å². The summed E-state index contributed by atoms with van der Waals surface area (Å²) in [6, 6.07) is 20.2. The Bertz CT molecular complexity index is 637. The Balaban J connectivity index is 1.76. The summed E-state index contributed by atoms with van der Waals surface area (Å²) < 4.78 is 0. The number of benzene rings is 2. The number of amides is 1. The summed E-state index contributed by atoms with van der Waals surface area (Å²) in [5.74, 6) is 0.178. The number of nitrogens with zero attached hydrogens (tertiary/aromatic N) is 1. The van der Waals surface area contributed by atoms with Gasteiger partial charge < -0.3 is 4.90 Å². The minimum absolute atomic E-state index is 0.152. The molecule has 1 saturated heterocycles. The molecule has 1 unspecified atom stereocenters. The molecule has 2 aromatic carbocycles. The average Bonchev–Trinajstić information content (AvgIpc) is 2.72. The summed E-state index contributed by atoms with van der Waals surface area (Å²) in [4.78, 5) is 14.7. The van der Waals surface area contributed by atoms with Gasteiger partial charge in [-0.15, -0.1) is 0 Å². The third-order valence-electron chi connectivity index (χ3n) is 4.23. The summed E-state index contributed by atoms with van der Waals surface area (Å²) in [6.45, 7) is 4.78. The van der Waals surface area contributed by atoms with E-state index in [2.05, 4.69) is 43.4 Å². The van der Waals surface area contributed by atoms with E-state index >= 15 is 0 Å². The summed E-state index contributed by atoms with van der Waals surface area (Å²) in [5, 5.41) is 3.48. The van der Waals surface area contributed by atoms with Crippen LogP contribution in [0.15, 0.2) is 60.7 Å². The van der Waals surface area contributed by atoms with E-state index in [1.54, 1.807) is 0 Å². The van der Waals surface area contributed by atoms with Crippen LogP contribution in [0.4, 0.5) is 0 Å². The molecule has 3 nitrogen and oxygen atoms in total. The average molecular weight is 294 g/mol. The fourth-order valence-corrected chi connectivity index (χ4v) is 3.06. The molecule has 22 heavy (non-hydrogen) atoms. The predicted molar refractivity (Wildman–Crippen MR) is 88.1 cm³/mol. The van der Waals surface area contributed by atoms with Gasteiger partial charge in [0.1, 0.15) is 0 Å². The minimum atomic E-state index is -0.327. The molecule has 1 N–H and O–H groups in total. The van der Waals surface area contributed by atoms with Crippen LogP contribution in [-0.2, 0) is 17.8 Å². The molecule has 1 amide bonds. The van der Waals surface area contributed by atoms with E-state index in [0.29, 0.717) is 6.54 Å². The Labute approximate surface area is 132 Å². The highest BCUT2D eigenvalue weighted by Gasteiger charge is 2.43. The first-order chi connectivity index (χ1) is 10.6. The molecular formula is C19H22N2O. The number of nitrogens with one attached hydrogen (secondary N) is 1. The van der Waals surface area contributed by atoms with E-state index < -0.39 is 0 Å². The first-order valence-electron chi connectivity index (χ1n) is 7.73. The van der Waals surface area contributed by atoms with Gasteiger partial charge >= 0.3 is 0 Å². The van der Waals surface area contributed by atoms with E-state index in [-0.39, 0.29) is 17.6 Å². The second kappa shape index (κ2) is 5.93. The smallest absolute Gasteiger partial charge is 0.241 e. The molecule has 1 atom stereocenters. The lowest BCUT2D eigenvalue weighted by atomic mass is 10.1. The van der Waals surface area contributed by atoms with Crippen molar-refractivity contribution < 1.29 is 4.79 Å². The molecular weight excluding hydrogens is 272 g/mol. The van der Waals surface area contributed by atoms with Gasteiger partial charge in [0.05, 0.1) is 11.7 Å². The normalized spacial score (nSPS) is 20.4. The molecule has 3 rings (SSSR count). The van der Waals surface area contributed by atoms with Crippen molar-refractivity contribution in [1.29, 1.82) is 0 Å². The Kier molecular flexibility index (Phi) is 3.99. The van der Waals surface area contributed by atoms with Gasteiger partial charge in [0, 0.05) is 6.54 Å². The molecule has 1 heterocycles. The van der Waals surface area contributed by atoms with Crippen molar-refractivity contribution in [2.24, 2.45) is 0 Å². The Morgan fingerprint density at radius 2 is 1.50 bits per heavy atom. The third-order valence-corrected chi connectivity index (χ3v) is 4.23. The van der Waals surface area contributed by atoms with Crippen LogP contribution in [0.3, 0.4) is 0 Å². The molecule has 1 aliphatic heterocycles. The number of hydrogen-bond acceptors (Lipinski definition) is 2. The van der Waals surface area contributed by atoms with Gasteiger partial charge in [0.25, 0.3) is 0 Å². The zero-order valence-electron chi connectivity index (χ0n) is 13.1. The summed E-state index contributed by atoms with van der Waals surface area (Å²) >= 11 is 0. The first kappa shape index (κ1) is 14.8. The Morgan fingerprint density at radius 3 is 2.09 bits per heavy atom. The molecule has 114 valence electrons. The molecule has 2 aromatic rings. The lowest BCUT2D eigenvalue weighted by molar-refractivity contribution is -0.132. The van der Waals surface area contributed by atoms with Crippen LogP contribution >= 0.6 is 0 Å². The van der Waals surface area contributed by atoms with E-state index in [4.69, 9.17) is 0 Å². The molecule has 0 radical (unpaired) electrons. The fraction of sp³-hybridized carbons (Fsp3) is 0.316. The topological polar surface area (TPSA) is 32.3 Å². The molecule has 0 saturated carbocycles. The fourth-order valence-electron chi connectivity index (χ4n) is 3.06. The number of carbonyl (C=O) groups is 1. The summed E-state index contributed by atoms with van der Waals surface area (Å²) in [6.07, 6.45) is 0.731. The highest BCUT2D eigenvalue weighted by Crippen LogP contribution is 2.25. The quantitative estimate of drug-likeness (QED) is 0.940. The van der Waals surface area contributed by atoms with Gasteiger partial charge in [-0.2, -0.15) is 0 Å². The van der Waals surface area contributed by atoms with E-state index in [1.165, 1.54) is 5.56 Å². The van der Waals surface area contributed by atoms with Crippen molar-refractivity contribution in [2.45, 2.75) is 38.5 Å². The molecule has 1 fully saturated rings. The second-order valence-corrected chi connectivity index (χ2v) is 6.36. The largest absolute Gasteiger partial charge is 0.319 e. The van der Waals surface area contributed by atoms with Crippen LogP contribution in [0.2, 0.25) is 0 Å². The van der Waals surface area contributed by atoms with Crippen LogP contribution in [0, 0.1) is 0 Å². The van der Waals surface area contributed by atoms with Crippen LogP contribution < -0.4 is 5.32 Å². The van der Waals surface area contributed by atoms with Crippen molar-refractivity contribution in [3.63, 3.8) is 0 Å². The van der Waals surface area contributed by atoms with Crippen molar-refractivity contribution >= 4 is 5.91 Å². The van der Waals surface area contributed by atoms with Gasteiger partial charge in [-0.05, 0) is 31.4 Å². The van der Waals surface area contributed by atoms with Crippen molar-refractivity contribution in [3.8, 4) is 0 Å². The minimum Gasteiger partial charge on any atom is -0.319 e. The van der Waals surface area contributed by atoms with Gasteiger partial charge in [0.2, 0.25) is 5.91 Å². The van der Waals surface area contributed by atoms with E-state index in [9.17, 15) is 4.79 Å². The first-order valence-corrected chi connectivity index (χ1v) is 7.73. The monoisotopic (exact) mass is 294 g/mol. The van der Waals surface area contributed by atoms with Crippen LogP contribution in [-0.4, -0.2) is 22.5 Å². The second-order valence-electron chi connectivity index (χ2n) is 6.36. The maximum absolute atomic E-state index is 12.8. The third kappa shape index (κ3) is 3.04. The zero-order valence-corrected chi connectivity index (χ0v) is 13.1. The summed E-state index contributed by atoms with van der Waals surface area (Å²) in [5.41, 5.74) is 2.02. The van der Waals surface area contributed by atoms with Crippen LogP contribution in [0.25, 0.3) is 0 Å². The number of rotatable bonds is 4. The maximum Gasteiger partial charge on any atom is 0.241 e. The maximum atomic E-state index is 12.8. The van der Waals surface area contributed by atoms with Crippen LogP contribution in [0.5, 0.6) is 0 Å². The van der Waals surface area contributed by atoms with Crippen LogP contribution in [0.1, 0.15) is 25.0 Å².